The topological polar surface area (TPSA) is 54.7 Å². The van der Waals surface area contributed by atoms with Gasteiger partial charge in [-0.25, -0.2) is 0 Å². The molecule has 0 bridgehead atoms. The van der Waals surface area contributed by atoms with Crippen LogP contribution in [0.3, 0.4) is 0 Å². The quantitative estimate of drug-likeness (QED) is 0.753. The Kier molecular flexibility index (Phi) is 2.33. The van der Waals surface area contributed by atoms with Gasteiger partial charge in [-0.2, -0.15) is 5.10 Å². The van der Waals surface area contributed by atoms with Crippen molar-refractivity contribution >= 4 is 0 Å². The minimum Gasteiger partial charge on any atom is -0.325 e. The third kappa shape index (κ3) is 1.42. The number of nitrogens with one attached hydrogen (secondary N) is 1. The van der Waals surface area contributed by atoms with Crippen molar-refractivity contribution in [2.24, 2.45) is 5.73 Å². The highest BCUT2D eigenvalue weighted by Gasteiger charge is 2.09. The van der Waals surface area contributed by atoms with E-state index in [1.54, 1.807) is 0 Å². The number of rotatable bonds is 2. The van der Waals surface area contributed by atoms with Gasteiger partial charge in [0.25, 0.3) is 0 Å². The molecule has 0 saturated carbocycles. The van der Waals surface area contributed by atoms with Gasteiger partial charge in [0.15, 0.2) is 0 Å². The Morgan fingerprint density at radius 1 is 1.29 bits per heavy atom. The number of H-pyrrole nitrogens is 1. The van der Waals surface area contributed by atoms with Crippen LogP contribution >= 0.6 is 0 Å². The molecule has 0 radical (unpaired) electrons. The Morgan fingerprint density at radius 3 is 2.64 bits per heavy atom. The number of nitrogens with two attached hydrogens (primary N) is 1. The number of nitrogens with zero attached hydrogens (tertiary/aromatic N) is 1. The van der Waals surface area contributed by atoms with Crippen LogP contribution in [-0.2, 0) is 6.54 Å². The molecule has 0 aliphatic rings. The minimum absolute atomic E-state index is 0.467. The molecule has 0 spiro atoms. The number of aryl methyl sites for hydroxylation is 1. The standard InChI is InChI=1S/C11H13N3/c1-8-11(10(7-12)14-13-8)9-5-3-2-4-6-9/h2-6H,7,12H2,1H3,(H,13,14). The van der Waals surface area contributed by atoms with Crippen molar-refractivity contribution in [1.82, 2.24) is 10.2 Å². The summed E-state index contributed by atoms with van der Waals surface area (Å²) in [6, 6.07) is 10.2. The third-order valence-corrected chi connectivity index (χ3v) is 2.28. The zero-order valence-electron chi connectivity index (χ0n) is 8.12. The largest absolute Gasteiger partial charge is 0.325 e. The van der Waals surface area contributed by atoms with E-state index in [2.05, 4.69) is 22.3 Å². The highest BCUT2D eigenvalue weighted by molar-refractivity contribution is 5.68. The molecule has 2 rings (SSSR count). The number of aromatic nitrogens is 2. The summed E-state index contributed by atoms with van der Waals surface area (Å²) in [5, 5.41) is 7.12. The first-order valence-electron chi connectivity index (χ1n) is 4.62. The normalized spacial score (nSPS) is 10.4. The molecule has 14 heavy (non-hydrogen) atoms. The van der Waals surface area contributed by atoms with Gasteiger partial charge in [0.1, 0.15) is 0 Å². The summed E-state index contributed by atoms with van der Waals surface area (Å²) in [4.78, 5) is 0. The summed E-state index contributed by atoms with van der Waals surface area (Å²) in [5.74, 6) is 0. The Bertz CT molecular complexity index is 417. The lowest BCUT2D eigenvalue weighted by Crippen LogP contribution is -1.98. The second kappa shape index (κ2) is 3.64. The highest BCUT2D eigenvalue weighted by Crippen LogP contribution is 2.24. The van der Waals surface area contributed by atoms with Crippen LogP contribution in [0.1, 0.15) is 11.4 Å². The van der Waals surface area contributed by atoms with E-state index in [4.69, 9.17) is 5.73 Å². The second-order valence-electron chi connectivity index (χ2n) is 3.24. The molecule has 2 aromatic rings. The van der Waals surface area contributed by atoms with Gasteiger partial charge in [0.2, 0.25) is 0 Å². The number of hydrogen-bond acceptors (Lipinski definition) is 2. The summed E-state index contributed by atoms with van der Waals surface area (Å²) in [7, 11) is 0. The zero-order chi connectivity index (χ0) is 9.97. The second-order valence-corrected chi connectivity index (χ2v) is 3.24. The van der Waals surface area contributed by atoms with Crippen molar-refractivity contribution in [2.45, 2.75) is 13.5 Å². The molecule has 0 fully saturated rings. The summed E-state index contributed by atoms with van der Waals surface area (Å²) < 4.78 is 0. The SMILES string of the molecule is Cc1[nH]nc(CN)c1-c1ccccc1. The molecule has 1 heterocycles. The first-order chi connectivity index (χ1) is 6.83. The average molecular weight is 187 g/mol. The average Bonchev–Trinajstić information content (AvgIpc) is 2.61. The van der Waals surface area contributed by atoms with E-state index in [1.165, 1.54) is 5.56 Å². The third-order valence-electron chi connectivity index (χ3n) is 2.28. The van der Waals surface area contributed by atoms with Crippen molar-refractivity contribution in [3.63, 3.8) is 0 Å². The number of benzene rings is 1. The van der Waals surface area contributed by atoms with E-state index < -0.39 is 0 Å². The van der Waals surface area contributed by atoms with Gasteiger partial charge in [0, 0.05) is 17.8 Å². The molecule has 3 heteroatoms. The minimum atomic E-state index is 0.467. The molecule has 3 nitrogen and oxygen atoms in total. The van der Waals surface area contributed by atoms with E-state index in [1.807, 2.05) is 25.1 Å². The lowest BCUT2D eigenvalue weighted by atomic mass is 10.0. The monoisotopic (exact) mass is 187 g/mol. The van der Waals surface area contributed by atoms with Gasteiger partial charge in [-0.15, -0.1) is 0 Å². The molecular weight excluding hydrogens is 174 g/mol. The number of hydrogen-bond donors (Lipinski definition) is 2. The van der Waals surface area contributed by atoms with Crippen LogP contribution in [0.15, 0.2) is 30.3 Å². The molecule has 1 aromatic heterocycles. The van der Waals surface area contributed by atoms with Crippen LogP contribution in [0.5, 0.6) is 0 Å². The summed E-state index contributed by atoms with van der Waals surface area (Å²) >= 11 is 0. The molecule has 1 aromatic carbocycles. The first kappa shape index (κ1) is 8.97. The molecule has 0 amide bonds. The van der Waals surface area contributed by atoms with Crippen LogP contribution in [0.25, 0.3) is 11.1 Å². The van der Waals surface area contributed by atoms with Gasteiger partial charge in [0.05, 0.1) is 5.69 Å². The van der Waals surface area contributed by atoms with E-state index >= 15 is 0 Å². The smallest absolute Gasteiger partial charge is 0.0838 e. The Hall–Kier alpha value is -1.61. The van der Waals surface area contributed by atoms with Crippen LogP contribution < -0.4 is 5.73 Å². The Morgan fingerprint density at radius 2 is 2.00 bits per heavy atom. The van der Waals surface area contributed by atoms with Gasteiger partial charge in [-0.3, -0.25) is 5.10 Å². The Labute approximate surface area is 83.0 Å². The van der Waals surface area contributed by atoms with Crippen LogP contribution in [0.2, 0.25) is 0 Å². The van der Waals surface area contributed by atoms with Gasteiger partial charge in [-0.05, 0) is 12.5 Å². The van der Waals surface area contributed by atoms with Crippen molar-refractivity contribution in [3.05, 3.63) is 41.7 Å². The summed E-state index contributed by atoms with van der Waals surface area (Å²) in [6.07, 6.45) is 0. The van der Waals surface area contributed by atoms with E-state index in [0.717, 1.165) is 17.0 Å². The maximum atomic E-state index is 5.62. The molecule has 0 aliphatic carbocycles. The maximum absolute atomic E-state index is 5.62. The predicted molar refractivity (Wildman–Crippen MR) is 56.7 cm³/mol. The van der Waals surface area contributed by atoms with Gasteiger partial charge < -0.3 is 5.73 Å². The number of aromatic amines is 1. The summed E-state index contributed by atoms with van der Waals surface area (Å²) in [6.45, 7) is 2.48. The molecular formula is C11H13N3. The van der Waals surface area contributed by atoms with Crippen LogP contribution in [0, 0.1) is 6.92 Å². The fourth-order valence-electron chi connectivity index (χ4n) is 1.62. The zero-order valence-corrected chi connectivity index (χ0v) is 8.12. The predicted octanol–water partition coefficient (Wildman–Crippen LogP) is 1.84. The fraction of sp³-hybridized carbons (Fsp3) is 0.182. The highest BCUT2D eigenvalue weighted by atomic mass is 15.1. The molecule has 3 N–H and O–H groups in total. The fourth-order valence-corrected chi connectivity index (χ4v) is 1.62. The van der Waals surface area contributed by atoms with Crippen LogP contribution in [-0.4, -0.2) is 10.2 Å². The lowest BCUT2D eigenvalue weighted by molar-refractivity contribution is 0.940. The van der Waals surface area contributed by atoms with Crippen molar-refractivity contribution in [2.75, 3.05) is 0 Å². The van der Waals surface area contributed by atoms with Crippen molar-refractivity contribution in [3.8, 4) is 11.1 Å². The lowest BCUT2D eigenvalue weighted by Gasteiger charge is -2.01. The molecule has 72 valence electrons. The first-order valence-corrected chi connectivity index (χ1v) is 4.62. The van der Waals surface area contributed by atoms with Crippen molar-refractivity contribution < 1.29 is 0 Å². The van der Waals surface area contributed by atoms with E-state index in [9.17, 15) is 0 Å². The van der Waals surface area contributed by atoms with Gasteiger partial charge in [-0.1, -0.05) is 30.3 Å². The van der Waals surface area contributed by atoms with E-state index in [0.29, 0.717) is 6.54 Å². The summed E-state index contributed by atoms with van der Waals surface area (Å²) in [5.41, 5.74) is 9.91. The maximum Gasteiger partial charge on any atom is 0.0838 e. The molecule has 0 saturated heterocycles. The van der Waals surface area contributed by atoms with E-state index in [-0.39, 0.29) is 0 Å². The van der Waals surface area contributed by atoms with Crippen molar-refractivity contribution in [1.29, 1.82) is 0 Å². The molecule has 0 unspecified atom stereocenters. The van der Waals surface area contributed by atoms with Crippen LogP contribution in [0.4, 0.5) is 0 Å². The Balaban J connectivity index is 2.55. The molecule has 0 atom stereocenters. The molecule has 0 aliphatic heterocycles. The van der Waals surface area contributed by atoms with Gasteiger partial charge >= 0.3 is 0 Å².